The molecule has 2 aromatic carbocycles. The van der Waals surface area contributed by atoms with E-state index in [4.69, 9.17) is 9.47 Å². The van der Waals surface area contributed by atoms with Crippen LogP contribution in [0.1, 0.15) is 18.9 Å². The molecule has 150 valence electrons. The number of para-hydroxylation sites is 1. The number of rotatable bonds is 9. The summed E-state index contributed by atoms with van der Waals surface area (Å²) in [5.74, 6) is -0.593. The van der Waals surface area contributed by atoms with Gasteiger partial charge in [-0.2, -0.15) is 0 Å². The van der Waals surface area contributed by atoms with Crippen LogP contribution in [0.4, 0.5) is 4.39 Å². The fourth-order valence-corrected chi connectivity index (χ4v) is 2.84. The minimum Gasteiger partial charge on any atom is -0.497 e. The van der Waals surface area contributed by atoms with Crippen molar-refractivity contribution in [3.63, 3.8) is 0 Å². The summed E-state index contributed by atoms with van der Waals surface area (Å²) in [7, 11) is 3.08. The molecule has 1 atom stereocenters. The predicted octanol–water partition coefficient (Wildman–Crippen LogP) is 2.77. The van der Waals surface area contributed by atoms with Crippen LogP contribution in [0.5, 0.6) is 11.5 Å². The summed E-state index contributed by atoms with van der Waals surface area (Å²) < 4.78 is 24.3. The fourth-order valence-electron chi connectivity index (χ4n) is 2.84. The van der Waals surface area contributed by atoms with Crippen LogP contribution >= 0.6 is 0 Å². The zero-order valence-electron chi connectivity index (χ0n) is 16.3. The number of halogens is 1. The molecule has 0 aliphatic carbocycles. The van der Waals surface area contributed by atoms with Gasteiger partial charge in [0.1, 0.15) is 11.8 Å². The Hall–Kier alpha value is -3.09. The second kappa shape index (κ2) is 10.3. The number of nitrogens with one attached hydrogen (secondary N) is 1. The average molecular weight is 388 g/mol. The number of carbonyl (C=O) groups is 2. The summed E-state index contributed by atoms with van der Waals surface area (Å²) in [5, 5.41) is 2.58. The molecule has 0 aliphatic rings. The average Bonchev–Trinajstić information content (AvgIpc) is 2.72. The van der Waals surface area contributed by atoms with Crippen molar-refractivity contribution in [2.24, 2.45) is 0 Å². The van der Waals surface area contributed by atoms with Crippen molar-refractivity contribution >= 4 is 11.8 Å². The van der Waals surface area contributed by atoms with Gasteiger partial charge in [0.15, 0.2) is 18.2 Å². The zero-order valence-corrected chi connectivity index (χ0v) is 16.3. The number of hydrogen-bond donors (Lipinski definition) is 1. The number of amides is 2. The van der Waals surface area contributed by atoms with Crippen molar-refractivity contribution in [1.82, 2.24) is 10.2 Å². The highest BCUT2D eigenvalue weighted by Gasteiger charge is 2.28. The highest BCUT2D eigenvalue weighted by atomic mass is 19.1. The Balaban J connectivity index is 2.22. The molecule has 2 amide bonds. The Morgan fingerprint density at radius 3 is 2.57 bits per heavy atom. The lowest BCUT2D eigenvalue weighted by Gasteiger charge is -2.30. The summed E-state index contributed by atoms with van der Waals surface area (Å²) in [6, 6.07) is 12.5. The summed E-state index contributed by atoms with van der Waals surface area (Å²) in [5.41, 5.74) is 0.806. The topological polar surface area (TPSA) is 67.9 Å². The minimum absolute atomic E-state index is 0.00910. The number of carbonyl (C=O) groups excluding carboxylic acids is 2. The molecule has 0 heterocycles. The molecule has 0 unspecified atom stereocenters. The standard InChI is InChI=1S/C21H25FN2O4/c1-4-18(21(26)23-2)24(13-15-8-7-9-16(12-15)27-3)20(25)14-28-19-11-6-5-10-17(19)22/h5-12,18H,4,13-14H2,1-3H3,(H,23,26)/t18-/m1/s1. The molecular formula is C21H25FN2O4. The third kappa shape index (κ3) is 5.45. The van der Waals surface area contributed by atoms with E-state index < -0.39 is 17.8 Å². The maximum absolute atomic E-state index is 13.8. The van der Waals surface area contributed by atoms with Crippen LogP contribution in [0.25, 0.3) is 0 Å². The van der Waals surface area contributed by atoms with Crippen molar-refractivity contribution in [2.45, 2.75) is 25.9 Å². The predicted molar refractivity (Wildman–Crippen MR) is 104 cm³/mol. The second-order valence-electron chi connectivity index (χ2n) is 6.13. The quantitative estimate of drug-likeness (QED) is 0.717. The Morgan fingerprint density at radius 1 is 1.18 bits per heavy atom. The summed E-state index contributed by atoms with van der Waals surface area (Å²) in [6.07, 6.45) is 0.426. The number of likely N-dealkylation sites (N-methyl/N-ethyl adjacent to an activating group) is 1. The Bertz CT molecular complexity index is 812. The molecule has 28 heavy (non-hydrogen) atoms. The third-order valence-electron chi connectivity index (χ3n) is 4.31. The van der Waals surface area contributed by atoms with Crippen LogP contribution in [0.2, 0.25) is 0 Å². The van der Waals surface area contributed by atoms with E-state index in [-0.39, 0.29) is 24.8 Å². The van der Waals surface area contributed by atoms with E-state index in [9.17, 15) is 14.0 Å². The van der Waals surface area contributed by atoms with Crippen LogP contribution in [-0.2, 0) is 16.1 Å². The van der Waals surface area contributed by atoms with E-state index in [1.54, 1.807) is 25.3 Å². The molecule has 7 heteroatoms. The van der Waals surface area contributed by atoms with Gasteiger partial charge in [0.2, 0.25) is 5.91 Å². The molecule has 6 nitrogen and oxygen atoms in total. The molecule has 0 saturated heterocycles. The van der Waals surface area contributed by atoms with Crippen molar-refractivity contribution < 1.29 is 23.5 Å². The highest BCUT2D eigenvalue weighted by molar-refractivity contribution is 5.88. The van der Waals surface area contributed by atoms with Gasteiger partial charge in [0.25, 0.3) is 5.91 Å². The third-order valence-corrected chi connectivity index (χ3v) is 4.31. The monoisotopic (exact) mass is 388 g/mol. The number of hydrogen-bond acceptors (Lipinski definition) is 4. The van der Waals surface area contributed by atoms with E-state index >= 15 is 0 Å². The van der Waals surface area contributed by atoms with Crippen LogP contribution in [0.3, 0.4) is 0 Å². The number of nitrogens with zero attached hydrogens (tertiary/aromatic N) is 1. The largest absolute Gasteiger partial charge is 0.497 e. The summed E-state index contributed by atoms with van der Waals surface area (Å²) in [4.78, 5) is 26.6. The number of methoxy groups -OCH3 is 1. The van der Waals surface area contributed by atoms with Gasteiger partial charge in [0, 0.05) is 13.6 Å². The highest BCUT2D eigenvalue weighted by Crippen LogP contribution is 2.19. The van der Waals surface area contributed by atoms with E-state index in [1.165, 1.54) is 30.1 Å². The maximum Gasteiger partial charge on any atom is 0.261 e. The fraction of sp³-hybridized carbons (Fsp3) is 0.333. The molecule has 0 radical (unpaired) electrons. The van der Waals surface area contributed by atoms with Gasteiger partial charge in [-0.1, -0.05) is 31.2 Å². The van der Waals surface area contributed by atoms with Crippen molar-refractivity contribution in [2.75, 3.05) is 20.8 Å². The molecule has 0 saturated carbocycles. The first-order chi connectivity index (χ1) is 13.5. The van der Waals surface area contributed by atoms with E-state index in [2.05, 4.69) is 5.32 Å². The normalized spacial score (nSPS) is 11.4. The van der Waals surface area contributed by atoms with Crippen LogP contribution in [0, 0.1) is 5.82 Å². The second-order valence-corrected chi connectivity index (χ2v) is 6.13. The molecule has 0 spiro atoms. The maximum atomic E-state index is 13.8. The molecule has 0 bridgehead atoms. The van der Waals surface area contributed by atoms with Crippen molar-refractivity contribution in [3.8, 4) is 11.5 Å². The Labute approximate surface area is 164 Å². The minimum atomic E-state index is -0.673. The number of ether oxygens (including phenoxy) is 2. The molecule has 0 aromatic heterocycles. The van der Waals surface area contributed by atoms with Crippen LogP contribution < -0.4 is 14.8 Å². The van der Waals surface area contributed by atoms with Gasteiger partial charge in [-0.05, 0) is 36.2 Å². The molecule has 1 N–H and O–H groups in total. The van der Waals surface area contributed by atoms with Crippen molar-refractivity contribution in [1.29, 1.82) is 0 Å². The van der Waals surface area contributed by atoms with Gasteiger partial charge in [-0.3, -0.25) is 9.59 Å². The molecule has 2 aromatic rings. The Morgan fingerprint density at radius 2 is 1.93 bits per heavy atom. The van der Waals surface area contributed by atoms with Crippen molar-refractivity contribution in [3.05, 3.63) is 59.9 Å². The summed E-state index contributed by atoms with van der Waals surface area (Å²) in [6.45, 7) is 1.64. The molecule has 0 fully saturated rings. The molecule has 2 rings (SSSR count). The first-order valence-corrected chi connectivity index (χ1v) is 9.01. The first-order valence-electron chi connectivity index (χ1n) is 9.01. The molecule has 0 aliphatic heterocycles. The lowest BCUT2D eigenvalue weighted by molar-refractivity contribution is -0.142. The number of benzene rings is 2. The van der Waals surface area contributed by atoms with E-state index in [1.807, 2.05) is 19.1 Å². The van der Waals surface area contributed by atoms with Gasteiger partial charge >= 0.3 is 0 Å². The van der Waals surface area contributed by atoms with Gasteiger partial charge in [-0.15, -0.1) is 0 Å². The summed E-state index contributed by atoms with van der Waals surface area (Å²) >= 11 is 0. The smallest absolute Gasteiger partial charge is 0.261 e. The van der Waals surface area contributed by atoms with Crippen LogP contribution in [0.15, 0.2) is 48.5 Å². The van der Waals surface area contributed by atoms with E-state index in [0.717, 1.165) is 5.56 Å². The van der Waals surface area contributed by atoms with Crippen LogP contribution in [-0.4, -0.2) is 43.5 Å². The first kappa shape index (κ1) is 21.2. The van der Waals surface area contributed by atoms with Gasteiger partial charge in [-0.25, -0.2) is 4.39 Å². The zero-order chi connectivity index (χ0) is 20.5. The van der Waals surface area contributed by atoms with Gasteiger partial charge in [0.05, 0.1) is 7.11 Å². The van der Waals surface area contributed by atoms with E-state index in [0.29, 0.717) is 12.2 Å². The Kier molecular flexibility index (Phi) is 7.80. The lowest BCUT2D eigenvalue weighted by Crippen LogP contribution is -2.49. The SMILES string of the molecule is CC[C@H](C(=O)NC)N(Cc1cccc(OC)c1)C(=O)COc1ccccc1F. The molecular weight excluding hydrogens is 363 g/mol. The lowest BCUT2D eigenvalue weighted by atomic mass is 10.1. The van der Waals surface area contributed by atoms with Gasteiger partial charge < -0.3 is 19.7 Å².